The van der Waals surface area contributed by atoms with Gasteiger partial charge in [0.1, 0.15) is 5.69 Å². The van der Waals surface area contributed by atoms with Gasteiger partial charge in [0.25, 0.3) is 0 Å². The van der Waals surface area contributed by atoms with E-state index in [1.807, 2.05) is 7.05 Å². The van der Waals surface area contributed by atoms with Gasteiger partial charge in [-0.3, -0.25) is 0 Å². The van der Waals surface area contributed by atoms with Crippen molar-refractivity contribution in [3.8, 4) is 11.8 Å². The number of rotatable bonds is 5. The Hall–Kier alpha value is -1.36. The van der Waals surface area contributed by atoms with Crippen molar-refractivity contribution in [1.82, 2.24) is 15.3 Å². The molecule has 0 fully saturated rings. The van der Waals surface area contributed by atoms with Crippen LogP contribution < -0.4 is 14.8 Å². The first-order chi connectivity index (χ1) is 7.26. The third kappa shape index (κ3) is 2.56. The van der Waals surface area contributed by atoms with Gasteiger partial charge in [-0.1, -0.05) is 6.92 Å². The van der Waals surface area contributed by atoms with E-state index in [4.69, 9.17) is 9.47 Å². The van der Waals surface area contributed by atoms with Crippen LogP contribution in [0.2, 0.25) is 0 Å². The molecule has 1 unspecified atom stereocenters. The maximum atomic E-state index is 5.18. The number of ether oxygens (including phenoxy) is 2. The van der Waals surface area contributed by atoms with E-state index in [9.17, 15) is 0 Å². The smallest absolute Gasteiger partial charge is 0.240 e. The molecule has 0 aliphatic heterocycles. The van der Waals surface area contributed by atoms with Crippen molar-refractivity contribution in [2.24, 2.45) is 0 Å². The third-order valence-electron chi connectivity index (χ3n) is 2.23. The van der Waals surface area contributed by atoms with Gasteiger partial charge >= 0.3 is 0 Å². The summed E-state index contributed by atoms with van der Waals surface area (Å²) < 4.78 is 10.2. The largest absolute Gasteiger partial charge is 0.480 e. The average Bonchev–Trinajstić information content (AvgIpc) is 2.31. The maximum Gasteiger partial charge on any atom is 0.240 e. The molecular weight excluding hydrogens is 194 g/mol. The van der Waals surface area contributed by atoms with Gasteiger partial charge in [0.2, 0.25) is 11.8 Å². The lowest BCUT2D eigenvalue weighted by Crippen LogP contribution is -2.18. The number of nitrogens with zero attached hydrogens (tertiary/aromatic N) is 2. The van der Waals surface area contributed by atoms with E-state index in [0.29, 0.717) is 11.8 Å². The van der Waals surface area contributed by atoms with Crippen LogP contribution in [0.5, 0.6) is 11.8 Å². The topological polar surface area (TPSA) is 56.3 Å². The van der Waals surface area contributed by atoms with Gasteiger partial charge in [-0.25, -0.2) is 4.98 Å². The van der Waals surface area contributed by atoms with Crippen molar-refractivity contribution < 1.29 is 9.47 Å². The predicted molar refractivity (Wildman–Crippen MR) is 57.2 cm³/mol. The summed E-state index contributed by atoms with van der Waals surface area (Å²) >= 11 is 0. The Morgan fingerprint density at radius 2 is 2.13 bits per heavy atom. The van der Waals surface area contributed by atoms with Gasteiger partial charge < -0.3 is 14.8 Å². The van der Waals surface area contributed by atoms with Crippen LogP contribution in [0, 0.1) is 0 Å². The van der Waals surface area contributed by atoms with Crippen molar-refractivity contribution in [3.05, 3.63) is 11.9 Å². The second-order valence-corrected chi connectivity index (χ2v) is 3.06. The monoisotopic (exact) mass is 211 g/mol. The summed E-state index contributed by atoms with van der Waals surface area (Å²) in [6, 6.07) is 0.151. The van der Waals surface area contributed by atoms with Gasteiger partial charge in [0.05, 0.1) is 26.5 Å². The molecule has 15 heavy (non-hydrogen) atoms. The molecule has 1 aromatic heterocycles. The molecule has 0 aromatic carbocycles. The molecule has 1 aromatic rings. The molecule has 5 nitrogen and oxygen atoms in total. The molecule has 1 rings (SSSR count). The Labute approximate surface area is 89.8 Å². The first-order valence-corrected chi connectivity index (χ1v) is 4.89. The Balaban J connectivity index is 3.06. The molecule has 0 amide bonds. The highest BCUT2D eigenvalue weighted by atomic mass is 16.5. The lowest BCUT2D eigenvalue weighted by Gasteiger charge is -2.15. The average molecular weight is 211 g/mol. The van der Waals surface area contributed by atoms with Gasteiger partial charge in [-0.05, 0) is 13.5 Å². The van der Waals surface area contributed by atoms with E-state index in [-0.39, 0.29) is 6.04 Å². The summed E-state index contributed by atoms with van der Waals surface area (Å²) in [5.74, 6) is 0.970. The fourth-order valence-corrected chi connectivity index (χ4v) is 1.39. The number of nitrogens with one attached hydrogen (secondary N) is 1. The normalized spacial score (nSPS) is 12.3. The van der Waals surface area contributed by atoms with Crippen LogP contribution in [-0.2, 0) is 0 Å². The predicted octanol–water partition coefficient (Wildman–Crippen LogP) is 1.16. The highest BCUT2D eigenvalue weighted by molar-refractivity contribution is 5.25. The van der Waals surface area contributed by atoms with E-state index in [1.54, 1.807) is 20.4 Å². The van der Waals surface area contributed by atoms with E-state index >= 15 is 0 Å². The summed E-state index contributed by atoms with van der Waals surface area (Å²) in [7, 11) is 5.02. The van der Waals surface area contributed by atoms with Crippen molar-refractivity contribution in [2.45, 2.75) is 19.4 Å². The summed E-state index contributed by atoms with van der Waals surface area (Å²) in [6.07, 6.45) is 2.52. The van der Waals surface area contributed by atoms with Gasteiger partial charge in [0, 0.05) is 0 Å². The van der Waals surface area contributed by atoms with Crippen molar-refractivity contribution in [3.63, 3.8) is 0 Å². The molecular formula is C10H17N3O2. The molecule has 1 N–H and O–H groups in total. The number of methoxy groups -OCH3 is 2. The molecule has 0 aliphatic rings. The summed E-state index contributed by atoms with van der Waals surface area (Å²) in [4.78, 5) is 8.47. The zero-order chi connectivity index (χ0) is 11.3. The first kappa shape index (κ1) is 11.7. The van der Waals surface area contributed by atoms with Crippen LogP contribution in [0.25, 0.3) is 0 Å². The maximum absolute atomic E-state index is 5.18. The van der Waals surface area contributed by atoms with Crippen molar-refractivity contribution in [2.75, 3.05) is 21.3 Å². The van der Waals surface area contributed by atoms with Crippen molar-refractivity contribution in [1.29, 1.82) is 0 Å². The van der Waals surface area contributed by atoms with Gasteiger partial charge in [-0.15, -0.1) is 0 Å². The lowest BCUT2D eigenvalue weighted by molar-refractivity contribution is 0.350. The zero-order valence-electron chi connectivity index (χ0n) is 9.57. The van der Waals surface area contributed by atoms with Gasteiger partial charge in [-0.2, -0.15) is 4.98 Å². The molecule has 0 aliphatic carbocycles. The molecule has 84 valence electrons. The minimum absolute atomic E-state index is 0.151. The van der Waals surface area contributed by atoms with E-state index in [2.05, 4.69) is 22.2 Å². The molecule has 1 heterocycles. The van der Waals surface area contributed by atoms with Crippen LogP contribution in [0.15, 0.2) is 6.20 Å². The van der Waals surface area contributed by atoms with Crippen molar-refractivity contribution >= 4 is 0 Å². The Bertz CT molecular complexity index is 314. The quantitative estimate of drug-likeness (QED) is 0.792. The fraction of sp³-hybridized carbons (Fsp3) is 0.600. The first-order valence-electron chi connectivity index (χ1n) is 4.89. The number of hydrogen-bond acceptors (Lipinski definition) is 5. The standard InChI is InChI=1S/C10H17N3O2/c1-5-7(11-2)9-10(15-4)13-8(14-3)6-12-9/h6-7,11H,5H2,1-4H3. The summed E-state index contributed by atoms with van der Waals surface area (Å²) in [5.41, 5.74) is 0.809. The molecule has 0 saturated heterocycles. The fourth-order valence-electron chi connectivity index (χ4n) is 1.39. The number of aromatic nitrogens is 2. The van der Waals surface area contributed by atoms with Crippen LogP contribution >= 0.6 is 0 Å². The molecule has 5 heteroatoms. The highest BCUT2D eigenvalue weighted by Gasteiger charge is 2.16. The second kappa shape index (κ2) is 5.50. The van der Waals surface area contributed by atoms with Crippen LogP contribution in [0.3, 0.4) is 0 Å². The SMILES string of the molecule is CCC(NC)c1ncc(OC)nc1OC. The molecule has 0 spiro atoms. The van der Waals surface area contributed by atoms with E-state index in [0.717, 1.165) is 12.1 Å². The molecule has 0 saturated carbocycles. The Morgan fingerprint density at radius 3 is 2.60 bits per heavy atom. The van der Waals surface area contributed by atoms with E-state index < -0.39 is 0 Å². The highest BCUT2D eigenvalue weighted by Crippen LogP contribution is 2.24. The molecule has 1 atom stereocenters. The Kier molecular flexibility index (Phi) is 4.30. The van der Waals surface area contributed by atoms with Crippen LogP contribution in [0.4, 0.5) is 0 Å². The lowest BCUT2D eigenvalue weighted by atomic mass is 10.1. The minimum atomic E-state index is 0.151. The van der Waals surface area contributed by atoms with Crippen LogP contribution in [-0.4, -0.2) is 31.2 Å². The zero-order valence-corrected chi connectivity index (χ0v) is 9.57. The summed E-state index contributed by atoms with van der Waals surface area (Å²) in [5, 5.41) is 3.16. The summed E-state index contributed by atoms with van der Waals surface area (Å²) in [6.45, 7) is 2.08. The molecule has 0 bridgehead atoms. The molecule has 0 radical (unpaired) electrons. The third-order valence-corrected chi connectivity index (χ3v) is 2.23. The van der Waals surface area contributed by atoms with E-state index in [1.165, 1.54) is 0 Å². The number of hydrogen-bond donors (Lipinski definition) is 1. The Morgan fingerprint density at radius 1 is 1.40 bits per heavy atom. The minimum Gasteiger partial charge on any atom is -0.480 e. The van der Waals surface area contributed by atoms with Crippen LogP contribution in [0.1, 0.15) is 25.1 Å². The van der Waals surface area contributed by atoms with Gasteiger partial charge in [0.15, 0.2) is 0 Å². The second-order valence-electron chi connectivity index (χ2n) is 3.06.